The summed E-state index contributed by atoms with van der Waals surface area (Å²) >= 11 is 0. The minimum atomic E-state index is 0.495. The number of nitrogens with zero attached hydrogens (tertiary/aromatic N) is 2. The first-order chi connectivity index (χ1) is 3.66. The van der Waals surface area contributed by atoms with Crippen molar-refractivity contribution in [3.8, 4) is 0 Å². The first-order valence-electron chi connectivity index (χ1n) is 2.34. The summed E-state index contributed by atoms with van der Waals surface area (Å²) in [4.78, 5) is 9.88. The third-order valence-corrected chi connectivity index (χ3v) is 0.528. The van der Waals surface area contributed by atoms with Crippen molar-refractivity contribution in [2.24, 2.45) is 5.10 Å². The van der Waals surface area contributed by atoms with Gasteiger partial charge in [-0.25, -0.2) is 0 Å². The van der Waals surface area contributed by atoms with Gasteiger partial charge in [0.1, 0.15) is 0 Å². The number of hydrazone groups is 1. The van der Waals surface area contributed by atoms with E-state index in [2.05, 4.69) is 5.10 Å². The fourth-order valence-electron chi connectivity index (χ4n) is 0.339. The lowest BCUT2D eigenvalue weighted by atomic mass is 10.5. The summed E-state index contributed by atoms with van der Waals surface area (Å²) in [6.45, 7) is 1.66. The van der Waals surface area contributed by atoms with E-state index in [0.717, 1.165) is 6.29 Å². The van der Waals surface area contributed by atoms with Crippen LogP contribution in [0.4, 0.5) is 0 Å². The van der Waals surface area contributed by atoms with E-state index < -0.39 is 0 Å². The predicted octanol–water partition coefficient (Wildman–Crippen LogP) is 0.123. The van der Waals surface area contributed by atoms with E-state index in [4.69, 9.17) is 0 Å². The first-order valence-corrected chi connectivity index (χ1v) is 2.34. The summed E-state index contributed by atoms with van der Waals surface area (Å²) in [5.41, 5.74) is 0.495. The molecule has 0 saturated carbocycles. The molecule has 8 heavy (non-hydrogen) atoms. The van der Waals surface area contributed by atoms with Gasteiger partial charge in [0, 0.05) is 14.1 Å². The smallest absolute Gasteiger partial charge is 0.165 e. The molecule has 3 heteroatoms. The molecule has 0 saturated heterocycles. The van der Waals surface area contributed by atoms with Crippen molar-refractivity contribution in [2.45, 2.75) is 6.92 Å². The molecule has 0 aliphatic rings. The van der Waals surface area contributed by atoms with Crippen LogP contribution >= 0.6 is 0 Å². The molecule has 0 heterocycles. The highest BCUT2D eigenvalue weighted by Gasteiger charge is 1.83. The zero-order chi connectivity index (χ0) is 6.57. The Morgan fingerprint density at radius 1 is 1.62 bits per heavy atom. The third kappa shape index (κ3) is 3.33. The van der Waals surface area contributed by atoms with Crippen LogP contribution in [-0.2, 0) is 4.79 Å². The number of hydrogen-bond acceptors (Lipinski definition) is 3. The second-order valence-electron chi connectivity index (χ2n) is 1.71. The second-order valence-corrected chi connectivity index (χ2v) is 1.71. The van der Waals surface area contributed by atoms with Crippen LogP contribution in [-0.4, -0.2) is 31.1 Å². The van der Waals surface area contributed by atoms with Gasteiger partial charge in [-0.2, -0.15) is 5.10 Å². The topological polar surface area (TPSA) is 32.7 Å². The molecule has 0 aromatic rings. The molecule has 0 spiro atoms. The summed E-state index contributed by atoms with van der Waals surface area (Å²) in [6, 6.07) is 0. The molecule has 46 valence electrons. The van der Waals surface area contributed by atoms with Crippen LogP contribution in [0.15, 0.2) is 5.10 Å². The van der Waals surface area contributed by atoms with E-state index in [9.17, 15) is 4.79 Å². The Morgan fingerprint density at radius 3 is 2.25 bits per heavy atom. The highest BCUT2D eigenvalue weighted by molar-refractivity contribution is 6.26. The van der Waals surface area contributed by atoms with Gasteiger partial charge in [0.05, 0.1) is 5.71 Å². The molecule has 0 aromatic heterocycles. The van der Waals surface area contributed by atoms with Gasteiger partial charge in [0.25, 0.3) is 0 Å². The summed E-state index contributed by atoms with van der Waals surface area (Å²) in [6.07, 6.45) is 0.722. The number of aldehydes is 1. The minimum absolute atomic E-state index is 0.495. The molecule has 0 bridgehead atoms. The molecule has 0 unspecified atom stereocenters. The lowest BCUT2D eigenvalue weighted by molar-refractivity contribution is -0.102. The Bertz CT molecular complexity index is 107. The average molecular weight is 114 g/mol. The number of hydrogen-bond donors (Lipinski definition) is 0. The second kappa shape index (κ2) is 3.18. The maximum atomic E-state index is 9.88. The van der Waals surface area contributed by atoms with Gasteiger partial charge in [0.15, 0.2) is 6.29 Å². The molecule has 0 N–H and O–H groups in total. The normalized spacial score (nSPS) is 11.1. The zero-order valence-corrected chi connectivity index (χ0v) is 5.38. The highest BCUT2D eigenvalue weighted by atomic mass is 16.1. The standard InChI is InChI=1S/C5H10N2O/c1-5(4-8)6-7(2)3/h4H,1-3H3/b6-5-. The van der Waals surface area contributed by atoms with E-state index >= 15 is 0 Å². The van der Waals surface area contributed by atoms with E-state index in [1.807, 2.05) is 0 Å². The molecule has 0 aliphatic carbocycles. The monoisotopic (exact) mass is 114 g/mol. The molecule has 0 aliphatic heterocycles. The summed E-state index contributed by atoms with van der Waals surface area (Å²) in [7, 11) is 3.54. The van der Waals surface area contributed by atoms with Crippen molar-refractivity contribution in [3.05, 3.63) is 0 Å². The van der Waals surface area contributed by atoms with E-state index in [1.54, 1.807) is 26.0 Å². The van der Waals surface area contributed by atoms with Gasteiger partial charge in [-0.3, -0.25) is 4.79 Å². The fraction of sp³-hybridized carbons (Fsp3) is 0.600. The van der Waals surface area contributed by atoms with Crippen molar-refractivity contribution in [2.75, 3.05) is 14.1 Å². The fourth-order valence-corrected chi connectivity index (χ4v) is 0.339. The summed E-state index contributed by atoms with van der Waals surface area (Å²) in [5, 5.41) is 5.36. The van der Waals surface area contributed by atoms with Gasteiger partial charge in [-0.05, 0) is 6.92 Å². The summed E-state index contributed by atoms with van der Waals surface area (Å²) < 4.78 is 0. The van der Waals surface area contributed by atoms with Crippen LogP contribution in [0.5, 0.6) is 0 Å². The number of carbonyl (C=O) groups excluding carboxylic acids is 1. The van der Waals surface area contributed by atoms with Crippen LogP contribution in [0.1, 0.15) is 6.92 Å². The quantitative estimate of drug-likeness (QED) is 0.290. The maximum absolute atomic E-state index is 9.88. The molecule has 0 fully saturated rings. The van der Waals surface area contributed by atoms with E-state index in [1.165, 1.54) is 0 Å². The maximum Gasteiger partial charge on any atom is 0.165 e. The van der Waals surface area contributed by atoms with Crippen LogP contribution in [0, 0.1) is 0 Å². The lowest BCUT2D eigenvalue weighted by Crippen LogP contribution is -2.06. The van der Waals surface area contributed by atoms with Crippen molar-refractivity contribution in [1.82, 2.24) is 5.01 Å². The number of rotatable bonds is 2. The Kier molecular flexibility index (Phi) is 2.84. The van der Waals surface area contributed by atoms with Crippen LogP contribution < -0.4 is 0 Å². The third-order valence-electron chi connectivity index (χ3n) is 0.528. The molecule has 3 nitrogen and oxygen atoms in total. The average Bonchev–Trinajstić information content (AvgIpc) is 1.65. The van der Waals surface area contributed by atoms with Crippen LogP contribution in [0.3, 0.4) is 0 Å². The Hall–Kier alpha value is -0.860. The van der Waals surface area contributed by atoms with Crippen LogP contribution in [0.25, 0.3) is 0 Å². The zero-order valence-electron chi connectivity index (χ0n) is 5.38. The van der Waals surface area contributed by atoms with Crippen molar-refractivity contribution in [3.63, 3.8) is 0 Å². The van der Waals surface area contributed by atoms with Crippen LogP contribution in [0.2, 0.25) is 0 Å². The number of carbonyl (C=O) groups is 1. The van der Waals surface area contributed by atoms with E-state index in [-0.39, 0.29) is 0 Å². The van der Waals surface area contributed by atoms with E-state index in [0.29, 0.717) is 5.71 Å². The molecule has 0 radical (unpaired) electrons. The predicted molar refractivity (Wildman–Crippen MR) is 32.9 cm³/mol. The molecule has 0 atom stereocenters. The SMILES string of the molecule is C/C(C=O)=N/N(C)C. The van der Waals surface area contributed by atoms with Crippen molar-refractivity contribution >= 4 is 12.0 Å². The van der Waals surface area contributed by atoms with Gasteiger partial charge < -0.3 is 5.01 Å². The minimum Gasteiger partial charge on any atom is -0.303 e. The Morgan fingerprint density at radius 2 is 2.12 bits per heavy atom. The van der Waals surface area contributed by atoms with Crippen molar-refractivity contribution < 1.29 is 4.79 Å². The molecular formula is C5H10N2O. The lowest BCUT2D eigenvalue weighted by Gasteiger charge is -2.01. The van der Waals surface area contributed by atoms with Gasteiger partial charge in [-0.1, -0.05) is 0 Å². The molecule has 0 aromatic carbocycles. The molecular weight excluding hydrogens is 104 g/mol. The molecule has 0 rings (SSSR count). The summed E-state index contributed by atoms with van der Waals surface area (Å²) in [5.74, 6) is 0. The highest BCUT2D eigenvalue weighted by Crippen LogP contribution is 1.75. The Labute approximate surface area is 49.0 Å². The largest absolute Gasteiger partial charge is 0.303 e. The molecule has 0 amide bonds. The Balaban J connectivity index is 3.74. The van der Waals surface area contributed by atoms with Gasteiger partial charge in [0.2, 0.25) is 0 Å². The first kappa shape index (κ1) is 7.14. The van der Waals surface area contributed by atoms with Crippen molar-refractivity contribution in [1.29, 1.82) is 0 Å². The van der Waals surface area contributed by atoms with Gasteiger partial charge in [-0.15, -0.1) is 0 Å². The van der Waals surface area contributed by atoms with Gasteiger partial charge >= 0.3 is 0 Å².